The molecule has 1 aromatic heterocycles. The molecule has 0 amide bonds. The smallest absolute Gasteiger partial charge is 0.0909 e. The number of nitrogens with one attached hydrogen (secondary N) is 1. The molecule has 17 heavy (non-hydrogen) atoms. The van der Waals surface area contributed by atoms with Gasteiger partial charge in [-0.1, -0.05) is 40.5 Å². The Kier molecular flexibility index (Phi) is 3.63. The van der Waals surface area contributed by atoms with Gasteiger partial charge in [0.25, 0.3) is 0 Å². The van der Waals surface area contributed by atoms with Gasteiger partial charge >= 0.3 is 0 Å². The molecule has 2 aromatic rings. The van der Waals surface area contributed by atoms with Crippen LogP contribution in [0.2, 0.25) is 10.0 Å². The summed E-state index contributed by atoms with van der Waals surface area (Å²) >= 11 is 12.1. The van der Waals surface area contributed by atoms with Gasteiger partial charge in [-0.15, -0.1) is 5.10 Å². The lowest BCUT2D eigenvalue weighted by molar-refractivity contribution is 0.570. The minimum Gasteiger partial charge on any atom is -0.271 e. The van der Waals surface area contributed by atoms with Crippen molar-refractivity contribution in [3.63, 3.8) is 0 Å². The van der Waals surface area contributed by atoms with E-state index in [-0.39, 0.29) is 6.04 Å². The number of hydrogen-bond donors (Lipinski definition) is 2. The van der Waals surface area contributed by atoms with Crippen molar-refractivity contribution in [3.05, 3.63) is 45.7 Å². The van der Waals surface area contributed by atoms with Gasteiger partial charge in [0.1, 0.15) is 0 Å². The third-order valence-corrected chi connectivity index (χ3v) is 3.34. The van der Waals surface area contributed by atoms with Gasteiger partial charge in [-0.05, 0) is 11.6 Å². The summed E-state index contributed by atoms with van der Waals surface area (Å²) in [7, 11) is 1.78. The molecule has 0 aliphatic heterocycles. The Bertz CT molecular complexity index is 525. The Hall–Kier alpha value is -1.14. The summed E-state index contributed by atoms with van der Waals surface area (Å²) in [6, 6.07) is 5.09. The van der Waals surface area contributed by atoms with Crippen LogP contribution in [0, 0.1) is 0 Å². The van der Waals surface area contributed by atoms with E-state index < -0.39 is 0 Å². The zero-order valence-electron chi connectivity index (χ0n) is 9.06. The minimum atomic E-state index is -0.304. The van der Waals surface area contributed by atoms with Crippen LogP contribution in [-0.4, -0.2) is 15.0 Å². The molecule has 0 aliphatic carbocycles. The highest BCUT2D eigenvalue weighted by Gasteiger charge is 2.20. The lowest BCUT2D eigenvalue weighted by atomic mass is 10.0. The Labute approximate surface area is 108 Å². The second-order valence-corrected chi connectivity index (χ2v) is 4.31. The molecule has 0 bridgehead atoms. The van der Waals surface area contributed by atoms with Crippen LogP contribution in [-0.2, 0) is 7.05 Å². The van der Waals surface area contributed by atoms with E-state index >= 15 is 0 Å². The molecule has 0 spiro atoms. The topological polar surface area (TPSA) is 68.8 Å². The van der Waals surface area contributed by atoms with Gasteiger partial charge in [0.05, 0.1) is 28.0 Å². The van der Waals surface area contributed by atoms with Crippen molar-refractivity contribution >= 4 is 23.2 Å². The highest BCUT2D eigenvalue weighted by Crippen LogP contribution is 2.32. The van der Waals surface area contributed by atoms with E-state index in [1.165, 1.54) is 0 Å². The van der Waals surface area contributed by atoms with Gasteiger partial charge in [0, 0.05) is 7.05 Å². The maximum Gasteiger partial charge on any atom is 0.0909 e. The second kappa shape index (κ2) is 5.01. The van der Waals surface area contributed by atoms with Crippen LogP contribution in [0.4, 0.5) is 0 Å². The quantitative estimate of drug-likeness (QED) is 0.658. The van der Waals surface area contributed by atoms with Crippen molar-refractivity contribution in [2.45, 2.75) is 6.04 Å². The lowest BCUT2D eigenvalue weighted by Gasteiger charge is -2.17. The van der Waals surface area contributed by atoms with E-state index in [4.69, 9.17) is 29.0 Å². The zero-order valence-corrected chi connectivity index (χ0v) is 10.6. The molecule has 1 aromatic carbocycles. The van der Waals surface area contributed by atoms with Crippen molar-refractivity contribution in [1.29, 1.82) is 0 Å². The molecule has 5 nitrogen and oxygen atoms in total. The van der Waals surface area contributed by atoms with E-state index in [2.05, 4.69) is 15.7 Å². The van der Waals surface area contributed by atoms with E-state index in [1.807, 2.05) is 12.1 Å². The standard InChI is InChI=1S/C10H11Cl2N5/c1-17-8(5-14-16-17)10(15-13)6-3-2-4-7(11)9(6)12/h2-5,10,15H,13H2,1H3. The monoisotopic (exact) mass is 271 g/mol. The summed E-state index contributed by atoms with van der Waals surface area (Å²) in [4.78, 5) is 0. The fourth-order valence-corrected chi connectivity index (χ4v) is 2.05. The summed E-state index contributed by atoms with van der Waals surface area (Å²) in [5.41, 5.74) is 4.27. The molecule has 0 aliphatic rings. The van der Waals surface area contributed by atoms with Gasteiger partial charge < -0.3 is 0 Å². The van der Waals surface area contributed by atoms with Crippen molar-refractivity contribution in [1.82, 2.24) is 20.4 Å². The Balaban J connectivity index is 2.50. The molecular weight excluding hydrogens is 261 g/mol. The summed E-state index contributed by atoms with van der Waals surface area (Å²) < 4.78 is 1.63. The Morgan fingerprint density at radius 3 is 2.76 bits per heavy atom. The molecule has 0 saturated heterocycles. The number of hydrogen-bond acceptors (Lipinski definition) is 4. The third-order valence-electron chi connectivity index (χ3n) is 2.50. The number of hydrazine groups is 1. The van der Waals surface area contributed by atoms with Crippen molar-refractivity contribution < 1.29 is 0 Å². The Morgan fingerprint density at radius 1 is 1.41 bits per heavy atom. The summed E-state index contributed by atoms with van der Waals surface area (Å²) in [5, 5.41) is 8.62. The fourth-order valence-electron chi connectivity index (χ4n) is 1.64. The van der Waals surface area contributed by atoms with Gasteiger partial charge in [-0.3, -0.25) is 10.5 Å². The van der Waals surface area contributed by atoms with Crippen molar-refractivity contribution in [3.8, 4) is 0 Å². The first-order chi connectivity index (χ1) is 8.15. The van der Waals surface area contributed by atoms with Crippen molar-refractivity contribution in [2.24, 2.45) is 12.9 Å². The molecule has 0 fully saturated rings. The highest BCUT2D eigenvalue weighted by molar-refractivity contribution is 6.42. The molecule has 7 heteroatoms. The number of rotatable bonds is 3. The van der Waals surface area contributed by atoms with Crippen LogP contribution < -0.4 is 11.3 Å². The maximum atomic E-state index is 6.16. The average molecular weight is 272 g/mol. The number of halogens is 2. The van der Waals surface area contributed by atoms with Crippen LogP contribution in [0.3, 0.4) is 0 Å². The Morgan fingerprint density at radius 2 is 2.18 bits per heavy atom. The van der Waals surface area contributed by atoms with Gasteiger partial charge in [-0.2, -0.15) is 0 Å². The molecule has 0 radical (unpaired) electrons. The average Bonchev–Trinajstić information content (AvgIpc) is 2.72. The maximum absolute atomic E-state index is 6.16. The normalized spacial score (nSPS) is 12.7. The minimum absolute atomic E-state index is 0.304. The van der Waals surface area contributed by atoms with Crippen LogP contribution in [0.15, 0.2) is 24.4 Å². The van der Waals surface area contributed by atoms with Crippen molar-refractivity contribution in [2.75, 3.05) is 0 Å². The predicted molar refractivity (Wildman–Crippen MR) is 66.6 cm³/mol. The SMILES string of the molecule is Cn1nncc1C(NN)c1cccc(Cl)c1Cl. The summed E-state index contributed by atoms with van der Waals surface area (Å²) in [5.74, 6) is 5.56. The van der Waals surface area contributed by atoms with Gasteiger partial charge in [0.15, 0.2) is 0 Å². The van der Waals surface area contributed by atoms with Crippen LogP contribution in [0.1, 0.15) is 17.3 Å². The molecule has 2 rings (SSSR count). The van der Waals surface area contributed by atoms with Gasteiger partial charge in [0.2, 0.25) is 0 Å². The molecule has 90 valence electrons. The number of aryl methyl sites for hydroxylation is 1. The summed E-state index contributed by atoms with van der Waals surface area (Å²) in [6.07, 6.45) is 1.63. The molecular formula is C10H11Cl2N5. The predicted octanol–water partition coefficient (Wildman–Crippen LogP) is 1.67. The first-order valence-corrected chi connectivity index (χ1v) is 5.65. The van der Waals surface area contributed by atoms with E-state index in [9.17, 15) is 0 Å². The van der Waals surface area contributed by atoms with E-state index in [1.54, 1.807) is 24.0 Å². The molecule has 0 saturated carbocycles. The van der Waals surface area contributed by atoms with Crippen LogP contribution in [0.5, 0.6) is 0 Å². The number of aromatic nitrogens is 3. The molecule has 1 heterocycles. The largest absolute Gasteiger partial charge is 0.271 e. The molecule has 1 atom stereocenters. The third kappa shape index (κ3) is 2.28. The summed E-state index contributed by atoms with van der Waals surface area (Å²) in [6.45, 7) is 0. The van der Waals surface area contributed by atoms with Crippen LogP contribution in [0.25, 0.3) is 0 Å². The van der Waals surface area contributed by atoms with Crippen LogP contribution >= 0.6 is 23.2 Å². The second-order valence-electron chi connectivity index (χ2n) is 3.53. The zero-order chi connectivity index (χ0) is 12.4. The van der Waals surface area contributed by atoms with E-state index in [0.29, 0.717) is 10.0 Å². The number of nitrogens with zero attached hydrogens (tertiary/aromatic N) is 3. The molecule has 3 N–H and O–H groups in total. The highest BCUT2D eigenvalue weighted by atomic mass is 35.5. The number of benzene rings is 1. The first kappa shape index (κ1) is 12.3. The molecule has 1 unspecified atom stereocenters. The number of nitrogens with two attached hydrogens (primary N) is 1. The first-order valence-electron chi connectivity index (χ1n) is 4.89. The fraction of sp³-hybridized carbons (Fsp3) is 0.200. The van der Waals surface area contributed by atoms with Gasteiger partial charge in [-0.25, -0.2) is 5.43 Å². The lowest BCUT2D eigenvalue weighted by Crippen LogP contribution is -2.30. The van der Waals surface area contributed by atoms with E-state index in [0.717, 1.165) is 11.3 Å².